The average Bonchev–Trinajstić information content (AvgIpc) is 2.72. The standard InChI is InChI=1S/C11H18N4O3.ClH/c1-4-8(12)11(17)15(3)6-10(16)13-9-5-7(2)18-14-9;/h5,8H,4,6,12H2,1-3H3,(H,13,14,16);1H/t8-;/m0./s1. The predicted molar refractivity (Wildman–Crippen MR) is 73.0 cm³/mol. The molecule has 8 heteroatoms. The van der Waals surface area contributed by atoms with Crippen molar-refractivity contribution in [1.82, 2.24) is 10.1 Å². The highest BCUT2D eigenvalue weighted by molar-refractivity contribution is 5.94. The average molecular weight is 291 g/mol. The lowest BCUT2D eigenvalue weighted by Gasteiger charge is -2.19. The van der Waals surface area contributed by atoms with Gasteiger partial charge < -0.3 is 20.5 Å². The number of amides is 2. The minimum absolute atomic E-state index is 0. The Hall–Kier alpha value is -1.60. The van der Waals surface area contributed by atoms with Crippen LogP contribution in [-0.4, -0.2) is 41.5 Å². The number of anilines is 1. The number of nitrogens with two attached hydrogens (primary N) is 1. The Morgan fingerprint density at radius 3 is 2.68 bits per heavy atom. The zero-order valence-corrected chi connectivity index (χ0v) is 12.0. The smallest absolute Gasteiger partial charge is 0.245 e. The van der Waals surface area contributed by atoms with Gasteiger partial charge in [-0.15, -0.1) is 12.4 Å². The van der Waals surface area contributed by atoms with Crippen LogP contribution in [0, 0.1) is 6.92 Å². The largest absolute Gasteiger partial charge is 0.360 e. The van der Waals surface area contributed by atoms with E-state index in [1.54, 1.807) is 13.0 Å². The first kappa shape index (κ1) is 17.4. The van der Waals surface area contributed by atoms with Crippen molar-refractivity contribution in [2.24, 2.45) is 5.73 Å². The fraction of sp³-hybridized carbons (Fsp3) is 0.545. The van der Waals surface area contributed by atoms with E-state index in [4.69, 9.17) is 10.3 Å². The molecular weight excluding hydrogens is 272 g/mol. The maximum Gasteiger partial charge on any atom is 0.245 e. The molecule has 0 aliphatic heterocycles. The van der Waals surface area contributed by atoms with E-state index >= 15 is 0 Å². The Bertz CT molecular complexity index is 435. The maximum atomic E-state index is 11.7. The van der Waals surface area contributed by atoms with Crippen LogP contribution >= 0.6 is 12.4 Å². The number of nitrogens with zero attached hydrogens (tertiary/aromatic N) is 2. The zero-order valence-electron chi connectivity index (χ0n) is 11.2. The molecule has 0 saturated carbocycles. The van der Waals surface area contributed by atoms with Gasteiger partial charge in [-0.2, -0.15) is 0 Å². The highest BCUT2D eigenvalue weighted by Crippen LogP contribution is 2.06. The molecule has 0 aliphatic carbocycles. The van der Waals surface area contributed by atoms with Crippen LogP contribution in [0.2, 0.25) is 0 Å². The molecule has 0 bridgehead atoms. The maximum absolute atomic E-state index is 11.7. The Kier molecular flexibility index (Phi) is 7.10. The SMILES string of the molecule is CC[C@H](N)C(=O)N(C)CC(=O)Nc1cc(C)on1.Cl. The molecule has 2 amide bonds. The third-order valence-electron chi connectivity index (χ3n) is 2.41. The zero-order chi connectivity index (χ0) is 13.7. The lowest BCUT2D eigenvalue weighted by atomic mass is 10.2. The van der Waals surface area contributed by atoms with E-state index < -0.39 is 6.04 Å². The predicted octanol–water partition coefficient (Wildman–Crippen LogP) is 0.539. The van der Waals surface area contributed by atoms with Gasteiger partial charge in [-0.05, 0) is 13.3 Å². The number of aromatic nitrogens is 1. The normalized spacial score (nSPS) is 11.4. The third kappa shape index (κ3) is 5.27. The molecule has 1 aromatic heterocycles. The molecule has 0 radical (unpaired) electrons. The van der Waals surface area contributed by atoms with E-state index in [1.165, 1.54) is 11.9 Å². The highest BCUT2D eigenvalue weighted by Gasteiger charge is 2.18. The van der Waals surface area contributed by atoms with Gasteiger partial charge in [-0.1, -0.05) is 12.1 Å². The monoisotopic (exact) mass is 290 g/mol. The van der Waals surface area contributed by atoms with E-state index in [-0.39, 0.29) is 30.8 Å². The first-order valence-electron chi connectivity index (χ1n) is 5.67. The van der Waals surface area contributed by atoms with Crippen molar-refractivity contribution in [3.05, 3.63) is 11.8 Å². The third-order valence-corrected chi connectivity index (χ3v) is 2.41. The Morgan fingerprint density at radius 1 is 1.58 bits per heavy atom. The summed E-state index contributed by atoms with van der Waals surface area (Å²) in [6, 6.07) is 1.02. The van der Waals surface area contributed by atoms with Gasteiger partial charge >= 0.3 is 0 Å². The number of rotatable bonds is 5. The summed E-state index contributed by atoms with van der Waals surface area (Å²) >= 11 is 0. The van der Waals surface area contributed by atoms with E-state index in [0.717, 1.165) is 0 Å². The minimum atomic E-state index is -0.572. The van der Waals surface area contributed by atoms with E-state index in [2.05, 4.69) is 10.5 Å². The molecule has 7 nitrogen and oxygen atoms in total. The fourth-order valence-electron chi connectivity index (χ4n) is 1.36. The Balaban J connectivity index is 0.00000324. The molecule has 0 fully saturated rings. The molecule has 0 saturated heterocycles. The van der Waals surface area contributed by atoms with Gasteiger partial charge in [0.05, 0.1) is 12.6 Å². The highest BCUT2D eigenvalue weighted by atomic mass is 35.5. The van der Waals surface area contributed by atoms with Crippen LogP contribution in [0.4, 0.5) is 5.82 Å². The minimum Gasteiger partial charge on any atom is -0.360 e. The molecule has 19 heavy (non-hydrogen) atoms. The molecular formula is C11H19ClN4O3. The molecule has 1 aromatic rings. The van der Waals surface area contributed by atoms with Crippen LogP contribution < -0.4 is 11.1 Å². The topological polar surface area (TPSA) is 101 Å². The first-order chi connectivity index (χ1) is 8.43. The summed E-state index contributed by atoms with van der Waals surface area (Å²) in [4.78, 5) is 24.6. The molecule has 0 aromatic carbocycles. The van der Waals surface area contributed by atoms with Crippen LogP contribution in [0.5, 0.6) is 0 Å². The van der Waals surface area contributed by atoms with Gasteiger partial charge in [0, 0.05) is 13.1 Å². The van der Waals surface area contributed by atoms with E-state index in [9.17, 15) is 9.59 Å². The quantitative estimate of drug-likeness (QED) is 0.824. The lowest BCUT2D eigenvalue weighted by Crippen LogP contribution is -2.44. The van der Waals surface area contributed by atoms with Crippen LogP contribution in [0.3, 0.4) is 0 Å². The summed E-state index contributed by atoms with van der Waals surface area (Å²) in [6.07, 6.45) is 0.535. The van der Waals surface area contributed by atoms with Crippen molar-refractivity contribution in [2.75, 3.05) is 18.9 Å². The number of hydrogen-bond acceptors (Lipinski definition) is 5. The van der Waals surface area contributed by atoms with Crippen molar-refractivity contribution >= 4 is 30.0 Å². The van der Waals surface area contributed by atoms with Gasteiger partial charge in [0.1, 0.15) is 5.76 Å². The van der Waals surface area contributed by atoms with Gasteiger partial charge in [-0.3, -0.25) is 9.59 Å². The summed E-state index contributed by atoms with van der Waals surface area (Å²) in [5, 5.41) is 6.15. The number of carbonyl (C=O) groups excluding carboxylic acids is 2. The van der Waals surface area contributed by atoms with Crippen molar-refractivity contribution in [3.63, 3.8) is 0 Å². The molecule has 3 N–H and O–H groups in total. The molecule has 0 unspecified atom stereocenters. The van der Waals surface area contributed by atoms with Crippen molar-refractivity contribution in [2.45, 2.75) is 26.3 Å². The summed E-state index contributed by atoms with van der Waals surface area (Å²) in [5.41, 5.74) is 5.60. The van der Waals surface area contributed by atoms with Gasteiger partial charge in [-0.25, -0.2) is 0 Å². The summed E-state index contributed by atoms with van der Waals surface area (Å²) in [7, 11) is 1.53. The molecule has 0 aliphatic rings. The second-order valence-electron chi connectivity index (χ2n) is 4.08. The van der Waals surface area contributed by atoms with Crippen LogP contribution in [0.25, 0.3) is 0 Å². The number of carbonyl (C=O) groups is 2. The van der Waals surface area contributed by atoms with Crippen LogP contribution in [0.1, 0.15) is 19.1 Å². The second kappa shape index (κ2) is 7.75. The van der Waals surface area contributed by atoms with E-state index in [1.807, 2.05) is 6.92 Å². The van der Waals surface area contributed by atoms with Crippen molar-refractivity contribution in [1.29, 1.82) is 0 Å². The second-order valence-corrected chi connectivity index (χ2v) is 4.08. The number of halogens is 1. The molecule has 1 heterocycles. The number of likely N-dealkylation sites (N-methyl/N-ethyl adjacent to an activating group) is 1. The van der Waals surface area contributed by atoms with Crippen LogP contribution in [-0.2, 0) is 9.59 Å². The molecule has 0 spiro atoms. The van der Waals surface area contributed by atoms with E-state index in [0.29, 0.717) is 18.0 Å². The summed E-state index contributed by atoms with van der Waals surface area (Å²) in [6.45, 7) is 3.46. The summed E-state index contributed by atoms with van der Waals surface area (Å²) < 4.78 is 4.81. The molecule has 108 valence electrons. The van der Waals surface area contributed by atoms with Crippen molar-refractivity contribution < 1.29 is 14.1 Å². The molecule has 1 rings (SSSR count). The van der Waals surface area contributed by atoms with Crippen LogP contribution in [0.15, 0.2) is 10.6 Å². The first-order valence-corrected chi connectivity index (χ1v) is 5.67. The summed E-state index contributed by atoms with van der Waals surface area (Å²) in [5.74, 6) is 0.326. The van der Waals surface area contributed by atoms with Gasteiger partial charge in [0.2, 0.25) is 11.8 Å². The Labute approximate surface area is 117 Å². The number of hydrogen-bond donors (Lipinski definition) is 2. The van der Waals surface area contributed by atoms with Crippen molar-refractivity contribution in [3.8, 4) is 0 Å². The van der Waals surface area contributed by atoms with Gasteiger partial charge in [0.25, 0.3) is 0 Å². The molecule has 1 atom stereocenters. The van der Waals surface area contributed by atoms with Gasteiger partial charge in [0.15, 0.2) is 5.82 Å². The number of aryl methyl sites for hydroxylation is 1. The number of nitrogens with one attached hydrogen (secondary N) is 1. The fourth-order valence-corrected chi connectivity index (χ4v) is 1.36. The Morgan fingerprint density at radius 2 is 2.21 bits per heavy atom. The lowest BCUT2D eigenvalue weighted by molar-refractivity contribution is -0.134.